The van der Waals surface area contributed by atoms with Crippen LogP contribution in [-0.4, -0.2) is 27.5 Å². The molecule has 35 heavy (non-hydrogen) atoms. The number of amides is 1. The van der Waals surface area contributed by atoms with Crippen LogP contribution in [0.4, 0.5) is 5.69 Å². The number of benzene rings is 3. The van der Waals surface area contributed by atoms with Crippen LogP contribution >= 0.6 is 0 Å². The summed E-state index contributed by atoms with van der Waals surface area (Å²) in [6.07, 6.45) is 4.75. The molecule has 0 aliphatic carbocycles. The van der Waals surface area contributed by atoms with Crippen LogP contribution < -0.4 is 13.8 Å². The molecule has 7 heteroatoms. The molecule has 6 nitrogen and oxygen atoms in total. The van der Waals surface area contributed by atoms with Gasteiger partial charge >= 0.3 is 0 Å². The predicted octanol–water partition coefficient (Wildman–Crippen LogP) is 6.01. The molecule has 0 atom stereocenters. The average Bonchev–Trinajstić information content (AvgIpc) is 2.85. The molecule has 184 valence electrons. The Labute approximate surface area is 207 Å². The fourth-order valence-corrected chi connectivity index (χ4v) is 4.74. The van der Waals surface area contributed by atoms with Crippen molar-refractivity contribution < 1.29 is 22.7 Å². The minimum Gasteiger partial charge on any atom is -0.494 e. The second-order valence-electron chi connectivity index (χ2n) is 7.92. The summed E-state index contributed by atoms with van der Waals surface area (Å²) in [5, 5.41) is 0. The van der Waals surface area contributed by atoms with E-state index in [9.17, 15) is 13.2 Å². The van der Waals surface area contributed by atoms with Crippen molar-refractivity contribution in [1.29, 1.82) is 0 Å². The Morgan fingerprint density at radius 3 is 2.26 bits per heavy atom. The summed E-state index contributed by atoms with van der Waals surface area (Å²) in [5.41, 5.74) is 1.83. The van der Waals surface area contributed by atoms with E-state index in [1.165, 1.54) is 18.2 Å². The van der Waals surface area contributed by atoms with Gasteiger partial charge in [0.15, 0.2) is 0 Å². The van der Waals surface area contributed by atoms with Gasteiger partial charge in [0.25, 0.3) is 15.9 Å². The van der Waals surface area contributed by atoms with Gasteiger partial charge < -0.3 is 9.47 Å². The fraction of sp³-hybridized carbons (Fsp3) is 0.250. The third-order valence-electron chi connectivity index (χ3n) is 5.22. The second-order valence-corrected chi connectivity index (χ2v) is 9.71. The highest BCUT2D eigenvalue weighted by atomic mass is 32.2. The van der Waals surface area contributed by atoms with Gasteiger partial charge in [-0.3, -0.25) is 4.79 Å². The highest BCUT2D eigenvalue weighted by Gasteiger charge is 2.29. The number of para-hydroxylation sites is 1. The number of sulfonamides is 1. The molecule has 0 aromatic heterocycles. The number of rotatable bonds is 11. The Bertz CT molecular complexity index is 1250. The number of carbonyl (C=O) groups is 1. The van der Waals surface area contributed by atoms with E-state index in [4.69, 9.17) is 9.47 Å². The van der Waals surface area contributed by atoms with Crippen molar-refractivity contribution in [1.82, 2.24) is 0 Å². The quantitative estimate of drug-likeness (QED) is 0.242. The van der Waals surface area contributed by atoms with Gasteiger partial charge in [-0.25, -0.2) is 8.42 Å². The molecular weight excluding hydrogens is 462 g/mol. The molecule has 0 aliphatic rings. The first-order valence-electron chi connectivity index (χ1n) is 11.7. The zero-order valence-corrected chi connectivity index (χ0v) is 21.1. The summed E-state index contributed by atoms with van der Waals surface area (Å²) < 4.78 is 39.2. The van der Waals surface area contributed by atoms with Crippen LogP contribution in [0.1, 0.15) is 37.8 Å². The van der Waals surface area contributed by atoms with Crippen LogP contribution in [0.3, 0.4) is 0 Å². The van der Waals surface area contributed by atoms with Gasteiger partial charge in [-0.15, -0.1) is 0 Å². The molecule has 3 aromatic rings. The van der Waals surface area contributed by atoms with E-state index in [0.717, 1.165) is 22.7 Å². The van der Waals surface area contributed by atoms with Gasteiger partial charge in [0.1, 0.15) is 11.5 Å². The first kappa shape index (κ1) is 26.0. The first-order valence-corrected chi connectivity index (χ1v) is 13.1. The molecule has 1 amide bonds. The first-order chi connectivity index (χ1) is 16.9. The van der Waals surface area contributed by atoms with Gasteiger partial charge in [-0.1, -0.05) is 49.2 Å². The highest BCUT2D eigenvalue weighted by Crippen LogP contribution is 2.27. The van der Waals surface area contributed by atoms with E-state index in [1.54, 1.807) is 42.5 Å². The van der Waals surface area contributed by atoms with Crippen LogP contribution in [0.15, 0.2) is 83.8 Å². The summed E-state index contributed by atoms with van der Waals surface area (Å²) in [4.78, 5) is 13.4. The molecule has 3 aromatic carbocycles. The van der Waals surface area contributed by atoms with Crippen molar-refractivity contribution in [3.8, 4) is 11.5 Å². The predicted molar refractivity (Wildman–Crippen MR) is 139 cm³/mol. The van der Waals surface area contributed by atoms with Gasteiger partial charge in [0.05, 0.1) is 23.8 Å². The van der Waals surface area contributed by atoms with Crippen molar-refractivity contribution in [3.63, 3.8) is 0 Å². The Balaban J connectivity index is 1.98. The largest absolute Gasteiger partial charge is 0.494 e. The van der Waals surface area contributed by atoms with Gasteiger partial charge in [0, 0.05) is 11.6 Å². The van der Waals surface area contributed by atoms with Crippen LogP contribution in [0.2, 0.25) is 0 Å². The molecule has 0 saturated heterocycles. The molecule has 0 bridgehead atoms. The number of aryl methyl sites for hydroxylation is 1. The third kappa shape index (κ3) is 6.73. The normalized spacial score (nSPS) is 11.4. The van der Waals surface area contributed by atoms with Crippen LogP contribution in [-0.2, 0) is 14.8 Å². The number of carbonyl (C=O) groups excluding carboxylic acids is 1. The summed E-state index contributed by atoms with van der Waals surface area (Å²) in [6, 6.07) is 20.1. The lowest BCUT2D eigenvalue weighted by Crippen LogP contribution is -2.35. The van der Waals surface area contributed by atoms with Crippen molar-refractivity contribution in [2.75, 3.05) is 17.5 Å². The van der Waals surface area contributed by atoms with E-state index < -0.39 is 15.9 Å². The summed E-state index contributed by atoms with van der Waals surface area (Å²) >= 11 is 0. The minimum atomic E-state index is -4.17. The molecule has 0 heterocycles. The molecule has 3 rings (SSSR count). The van der Waals surface area contributed by atoms with Crippen molar-refractivity contribution in [2.45, 2.75) is 38.5 Å². The standard InChI is InChI=1S/C28H31NO5S/c1-4-6-21-34-27-10-8-7-9-23(27)13-20-28(30)29(24-14-16-25(17-15-24)33-5-2)35(31,32)26-18-11-22(3)12-19-26/h7-20H,4-6,21H2,1-3H3/b20-13+. The van der Waals surface area contributed by atoms with Crippen LogP contribution in [0, 0.1) is 6.92 Å². The fourth-order valence-electron chi connectivity index (χ4n) is 3.35. The van der Waals surface area contributed by atoms with Crippen LogP contribution in [0.25, 0.3) is 6.08 Å². The molecule has 0 aliphatic heterocycles. The Morgan fingerprint density at radius 1 is 0.914 bits per heavy atom. The van der Waals surface area contributed by atoms with Gasteiger partial charge in [-0.05, 0) is 68.8 Å². The van der Waals surface area contributed by atoms with Crippen molar-refractivity contribution in [3.05, 3.63) is 90.0 Å². The van der Waals surface area contributed by atoms with E-state index in [-0.39, 0.29) is 10.6 Å². The van der Waals surface area contributed by atoms with Gasteiger partial charge in [-0.2, -0.15) is 4.31 Å². The lowest BCUT2D eigenvalue weighted by atomic mass is 10.2. The number of unbranched alkanes of at least 4 members (excludes halogenated alkanes) is 1. The maximum Gasteiger partial charge on any atom is 0.271 e. The van der Waals surface area contributed by atoms with Crippen LogP contribution in [0.5, 0.6) is 11.5 Å². The maximum atomic E-state index is 13.6. The number of anilines is 1. The zero-order valence-electron chi connectivity index (χ0n) is 20.3. The molecule has 0 N–H and O–H groups in total. The van der Waals surface area contributed by atoms with E-state index >= 15 is 0 Å². The van der Waals surface area contributed by atoms with E-state index in [0.29, 0.717) is 30.3 Å². The topological polar surface area (TPSA) is 72.9 Å². The number of hydrogen-bond donors (Lipinski definition) is 0. The number of ether oxygens (including phenoxy) is 2. The lowest BCUT2D eigenvalue weighted by molar-refractivity contribution is -0.113. The SMILES string of the molecule is CCCCOc1ccccc1/C=C/C(=O)N(c1ccc(OCC)cc1)S(=O)(=O)c1ccc(C)cc1. The molecule has 0 saturated carbocycles. The maximum absolute atomic E-state index is 13.6. The Hall–Kier alpha value is -3.58. The Kier molecular flexibility index (Phi) is 9.09. The summed E-state index contributed by atoms with van der Waals surface area (Å²) in [5.74, 6) is 0.530. The highest BCUT2D eigenvalue weighted by molar-refractivity contribution is 7.93. The Morgan fingerprint density at radius 2 is 1.60 bits per heavy atom. The third-order valence-corrected chi connectivity index (χ3v) is 6.96. The number of nitrogens with zero attached hydrogens (tertiary/aromatic N) is 1. The lowest BCUT2D eigenvalue weighted by Gasteiger charge is -2.22. The van der Waals surface area contributed by atoms with Gasteiger partial charge in [0.2, 0.25) is 0 Å². The number of hydrogen-bond acceptors (Lipinski definition) is 5. The summed E-state index contributed by atoms with van der Waals surface area (Å²) in [7, 11) is -4.17. The molecule has 0 fully saturated rings. The second kappa shape index (κ2) is 12.2. The van der Waals surface area contributed by atoms with E-state index in [2.05, 4.69) is 6.92 Å². The molecule has 0 spiro atoms. The van der Waals surface area contributed by atoms with E-state index in [1.807, 2.05) is 38.1 Å². The summed E-state index contributed by atoms with van der Waals surface area (Å²) in [6.45, 7) is 6.86. The zero-order chi connectivity index (χ0) is 25.3. The monoisotopic (exact) mass is 493 g/mol. The van der Waals surface area contributed by atoms with Crippen molar-refractivity contribution in [2.24, 2.45) is 0 Å². The average molecular weight is 494 g/mol. The minimum absolute atomic E-state index is 0.0297. The van der Waals surface area contributed by atoms with Crippen molar-refractivity contribution >= 4 is 27.7 Å². The molecular formula is C28H31NO5S. The smallest absolute Gasteiger partial charge is 0.271 e. The molecule has 0 unspecified atom stereocenters. The molecule has 0 radical (unpaired) electrons.